The molecule has 0 radical (unpaired) electrons. The van der Waals surface area contributed by atoms with Gasteiger partial charge in [0.1, 0.15) is 5.76 Å². The van der Waals surface area contributed by atoms with Crippen LogP contribution < -0.4 is 5.73 Å². The fourth-order valence-electron chi connectivity index (χ4n) is 1.69. The van der Waals surface area contributed by atoms with E-state index >= 15 is 0 Å². The number of carbonyl (C=O) groups is 1. The Morgan fingerprint density at radius 2 is 1.85 bits per heavy atom. The van der Waals surface area contributed by atoms with Gasteiger partial charge in [0.2, 0.25) is 11.5 Å². The Hall–Kier alpha value is -0.830. The van der Waals surface area contributed by atoms with Crippen molar-refractivity contribution in [1.82, 2.24) is 0 Å². The van der Waals surface area contributed by atoms with Crippen LogP contribution in [0.2, 0.25) is 0 Å². The van der Waals surface area contributed by atoms with E-state index in [9.17, 15) is 4.79 Å². The summed E-state index contributed by atoms with van der Waals surface area (Å²) in [5.41, 5.74) is 5.04. The standard InChI is InChI=1S/C10H17NO2/c1-6-7(9(2,3)4)8(12)10(5,11)13-6/h11H2,1-5H3. The zero-order valence-electron chi connectivity index (χ0n) is 8.89. The zero-order valence-corrected chi connectivity index (χ0v) is 8.89. The molecule has 3 heteroatoms. The first-order chi connectivity index (χ1) is 5.66. The third kappa shape index (κ3) is 1.61. The third-order valence-electron chi connectivity index (χ3n) is 2.15. The van der Waals surface area contributed by atoms with Gasteiger partial charge in [-0.25, -0.2) is 0 Å². The maximum Gasteiger partial charge on any atom is 0.220 e. The van der Waals surface area contributed by atoms with E-state index in [2.05, 4.69) is 0 Å². The number of ether oxygens (including phenoxy) is 1. The van der Waals surface area contributed by atoms with Gasteiger partial charge in [0.15, 0.2) is 0 Å². The van der Waals surface area contributed by atoms with Gasteiger partial charge in [-0.1, -0.05) is 20.8 Å². The molecule has 0 aromatic heterocycles. The molecule has 0 aromatic carbocycles. The summed E-state index contributed by atoms with van der Waals surface area (Å²) in [5.74, 6) is 0.556. The number of ketones is 1. The lowest BCUT2D eigenvalue weighted by atomic mass is 9.82. The largest absolute Gasteiger partial charge is 0.470 e. The smallest absolute Gasteiger partial charge is 0.220 e. The second kappa shape index (κ2) is 2.58. The number of allylic oxidation sites excluding steroid dienone is 1. The van der Waals surface area contributed by atoms with Crippen LogP contribution in [0.4, 0.5) is 0 Å². The molecule has 13 heavy (non-hydrogen) atoms. The van der Waals surface area contributed by atoms with Crippen molar-refractivity contribution in [3.63, 3.8) is 0 Å². The molecule has 0 saturated carbocycles. The summed E-state index contributed by atoms with van der Waals surface area (Å²) in [6.07, 6.45) is 0. The number of nitrogens with two attached hydrogens (primary N) is 1. The fraction of sp³-hybridized carbons (Fsp3) is 0.700. The molecule has 3 nitrogen and oxygen atoms in total. The lowest BCUT2D eigenvalue weighted by Crippen LogP contribution is -2.44. The van der Waals surface area contributed by atoms with Crippen molar-refractivity contribution in [2.45, 2.75) is 40.3 Å². The fourth-order valence-corrected chi connectivity index (χ4v) is 1.69. The summed E-state index contributed by atoms with van der Waals surface area (Å²) < 4.78 is 5.31. The van der Waals surface area contributed by atoms with Gasteiger partial charge >= 0.3 is 0 Å². The van der Waals surface area contributed by atoms with E-state index in [0.29, 0.717) is 11.3 Å². The first-order valence-corrected chi connectivity index (χ1v) is 4.40. The van der Waals surface area contributed by atoms with E-state index in [1.807, 2.05) is 20.8 Å². The highest BCUT2D eigenvalue weighted by Gasteiger charge is 2.45. The van der Waals surface area contributed by atoms with Crippen molar-refractivity contribution in [3.05, 3.63) is 11.3 Å². The van der Waals surface area contributed by atoms with Gasteiger partial charge < -0.3 is 4.74 Å². The SMILES string of the molecule is CC1=C(C(C)(C)C)C(=O)C(C)(N)O1. The molecule has 0 saturated heterocycles. The van der Waals surface area contributed by atoms with Gasteiger partial charge in [-0.2, -0.15) is 0 Å². The van der Waals surface area contributed by atoms with Crippen molar-refractivity contribution in [3.8, 4) is 0 Å². The first kappa shape index (κ1) is 10.3. The van der Waals surface area contributed by atoms with Crippen LogP contribution in [0.15, 0.2) is 11.3 Å². The molecular formula is C10H17NO2. The average molecular weight is 183 g/mol. The number of Topliss-reactive ketones (excluding diaryl/α,β-unsaturated/α-hetero) is 1. The van der Waals surface area contributed by atoms with Crippen LogP contribution in [0.25, 0.3) is 0 Å². The van der Waals surface area contributed by atoms with Gasteiger partial charge in [0.25, 0.3) is 0 Å². The van der Waals surface area contributed by atoms with Gasteiger partial charge in [-0.3, -0.25) is 10.5 Å². The molecule has 0 aromatic rings. The van der Waals surface area contributed by atoms with Gasteiger partial charge in [0, 0.05) is 5.57 Å². The second-order valence-corrected chi connectivity index (χ2v) is 4.72. The predicted molar refractivity (Wildman–Crippen MR) is 50.8 cm³/mol. The molecule has 1 heterocycles. The molecule has 1 aliphatic rings. The lowest BCUT2D eigenvalue weighted by molar-refractivity contribution is -0.129. The number of hydrogen-bond donors (Lipinski definition) is 1. The Bertz CT molecular complexity index is 282. The maximum absolute atomic E-state index is 11.8. The van der Waals surface area contributed by atoms with Crippen LogP contribution in [-0.2, 0) is 9.53 Å². The normalized spacial score (nSPS) is 29.5. The van der Waals surface area contributed by atoms with Gasteiger partial charge in [0.05, 0.1) is 0 Å². The summed E-state index contributed by atoms with van der Waals surface area (Å²) in [4.78, 5) is 11.8. The Balaban J connectivity index is 3.13. The molecule has 1 aliphatic heterocycles. The van der Waals surface area contributed by atoms with Crippen LogP contribution in [0.5, 0.6) is 0 Å². The highest BCUT2D eigenvalue weighted by Crippen LogP contribution is 2.37. The Morgan fingerprint density at radius 3 is 2.00 bits per heavy atom. The minimum absolute atomic E-state index is 0.0995. The third-order valence-corrected chi connectivity index (χ3v) is 2.15. The minimum atomic E-state index is -1.16. The van der Waals surface area contributed by atoms with E-state index in [1.165, 1.54) is 0 Å². The van der Waals surface area contributed by atoms with Crippen molar-refractivity contribution in [1.29, 1.82) is 0 Å². The van der Waals surface area contributed by atoms with Crippen molar-refractivity contribution >= 4 is 5.78 Å². The number of rotatable bonds is 0. The van der Waals surface area contributed by atoms with Crippen LogP contribution >= 0.6 is 0 Å². The van der Waals surface area contributed by atoms with Gasteiger partial charge in [-0.05, 0) is 19.3 Å². The topological polar surface area (TPSA) is 52.3 Å². The Morgan fingerprint density at radius 1 is 1.38 bits per heavy atom. The monoisotopic (exact) mass is 183 g/mol. The summed E-state index contributed by atoms with van der Waals surface area (Å²) >= 11 is 0. The van der Waals surface area contributed by atoms with E-state index < -0.39 is 5.72 Å². The summed E-state index contributed by atoms with van der Waals surface area (Å²) in [5, 5.41) is 0. The van der Waals surface area contributed by atoms with Crippen LogP contribution in [0.1, 0.15) is 34.6 Å². The van der Waals surface area contributed by atoms with E-state index in [1.54, 1.807) is 13.8 Å². The molecule has 2 N–H and O–H groups in total. The van der Waals surface area contributed by atoms with Gasteiger partial charge in [-0.15, -0.1) is 0 Å². The highest BCUT2D eigenvalue weighted by atomic mass is 16.5. The summed E-state index contributed by atoms with van der Waals surface area (Å²) in [6.45, 7) is 9.33. The van der Waals surface area contributed by atoms with E-state index in [0.717, 1.165) is 0 Å². The molecule has 74 valence electrons. The first-order valence-electron chi connectivity index (χ1n) is 4.40. The summed E-state index contributed by atoms with van der Waals surface area (Å²) in [7, 11) is 0. The van der Waals surface area contributed by atoms with E-state index in [-0.39, 0.29) is 11.2 Å². The molecule has 1 unspecified atom stereocenters. The Labute approximate surface area is 78.9 Å². The number of hydrogen-bond acceptors (Lipinski definition) is 3. The number of carbonyl (C=O) groups excluding carboxylic acids is 1. The van der Waals surface area contributed by atoms with Crippen molar-refractivity contribution in [2.24, 2.45) is 11.1 Å². The lowest BCUT2D eigenvalue weighted by Gasteiger charge is -2.20. The zero-order chi connectivity index (χ0) is 10.4. The maximum atomic E-state index is 11.8. The molecule has 1 rings (SSSR count). The highest BCUT2D eigenvalue weighted by molar-refractivity contribution is 6.04. The minimum Gasteiger partial charge on any atom is -0.470 e. The van der Waals surface area contributed by atoms with Crippen molar-refractivity contribution in [2.75, 3.05) is 0 Å². The molecule has 0 amide bonds. The average Bonchev–Trinajstić information content (AvgIpc) is 1.99. The van der Waals surface area contributed by atoms with Crippen molar-refractivity contribution < 1.29 is 9.53 Å². The van der Waals surface area contributed by atoms with Crippen LogP contribution in [0.3, 0.4) is 0 Å². The molecule has 0 fully saturated rings. The molecule has 0 bridgehead atoms. The van der Waals surface area contributed by atoms with Crippen LogP contribution in [-0.4, -0.2) is 11.5 Å². The quantitative estimate of drug-likeness (QED) is 0.620. The summed E-state index contributed by atoms with van der Waals surface area (Å²) in [6, 6.07) is 0. The molecule has 0 aliphatic carbocycles. The Kier molecular flexibility index (Phi) is 2.03. The van der Waals surface area contributed by atoms with E-state index in [4.69, 9.17) is 10.5 Å². The molecule has 1 atom stereocenters. The molecule has 0 spiro atoms. The second-order valence-electron chi connectivity index (χ2n) is 4.72. The molecular weight excluding hydrogens is 166 g/mol. The predicted octanol–water partition coefficient (Wildman–Crippen LogP) is 1.58. The van der Waals surface area contributed by atoms with Crippen LogP contribution in [0, 0.1) is 5.41 Å².